The molecule has 0 unspecified atom stereocenters. The van der Waals surface area contributed by atoms with Crippen molar-refractivity contribution in [2.24, 2.45) is 13.0 Å². The van der Waals surface area contributed by atoms with E-state index >= 15 is 0 Å². The monoisotopic (exact) mass is 291 g/mol. The molecule has 2 aromatic heterocycles. The highest BCUT2D eigenvalue weighted by molar-refractivity contribution is 7.13. The molecule has 3 rings (SSSR count). The van der Waals surface area contributed by atoms with Crippen LogP contribution in [0.1, 0.15) is 18.4 Å². The SMILES string of the molecule is Cn1cc(CN2CCC(CO)CC2)c(-c2cccs2)n1. The van der Waals surface area contributed by atoms with E-state index in [-0.39, 0.29) is 0 Å². The number of piperidine rings is 1. The summed E-state index contributed by atoms with van der Waals surface area (Å²) in [6.45, 7) is 3.44. The largest absolute Gasteiger partial charge is 0.396 e. The number of likely N-dealkylation sites (tertiary alicyclic amines) is 1. The molecule has 0 bridgehead atoms. The van der Waals surface area contributed by atoms with Crippen LogP contribution in [0.3, 0.4) is 0 Å². The zero-order chi connectivity index (χ0) is 13.9. The van der Waals surface area contributed by atoms with Crippen LogP contribution in [0.25, 0.3) is 10.6 Å². The molecule has 1 aliphatic rings. The van der Waals surface area contributed by atoms with Gasteiger partial charge in [-0.05, 0) is 43.3 Å². The Morgan fingerprint density at radius 3 is 2.85 bits per heavy atom. The number of nitrogens with zero attached hydrogens (tertiary/aromatic N) is 3. The van der Waals surface area contributed by atoms with E-state index < -0.39 is 0 Å². The van der Waals surface area contributed by atoms with Crippen molar-refractivity contribution in [2.75, 3.05) is 19.7 Å². The zero-order valence-corrected chi connectivity index (χ0v) is 12.6. The van der Waals surface area contributed by atoms with Crippen molar-refractivity contribution >= 4 is 11.3 Å². The minimum Gasteiger partial charge on any atom is -0.396 e. The standard InChI is InChI=1S/C15H21N3OS/c1-17-9-13(15(16-17)14-3-2-8-20-14)10-18-6-4-12(11-19)5-7-18/h2-3,8-9,12,19H,4-7,10-11H2,1H3. The maximum absolute atomic E-state index is 9.21. The van der Waals surface area contributed by atoms with Gasteiger partial charge in [0, 0.05) is 32.0 Å². The summed E-state index contributed by atoms with van der Waals surface area (Å²) in [6.07, 6.45) is 4.34. The number of aliphatic hydroxyl groups excluding tert-OH is 1. The van der Waals surface area contributed by atoms with Crippen LogP contribution in [-0.4, -0.2) is 39.5 Å². The Morgan fingerprint density at radius 1 is 1.40 bits per heavy atom. The van der Waals surface area contributed by atoms with Gasteiger partial charge in [0.05, 0.1) is 4.88 Å². The molecular formula is C15H21N3OS. The molecule has 0 radical (unpaired) electrons. The van der Waals surface area contributed by atoms with Crippen molar-refractivity contribution in [1.29, 1.82) is 0 Å². The fraction of sp³-hybridized carbons (Fsp3) is 0.533. The molecule has 0 aliphatic carbocycles. The Balaban J connectivity index is 1.72. The molecule has 2 aromatic rings. The van der Waals surface area contributed by atoms with Gasteiger partial charge in [0.25, 0.3) is 0 Å². The predicted molar refractivity (Wildman–Crippen MR) is 81.6 cm³/mol. The highest BCUT2D eigenvalue weighted by Crippen LogP contribution is 2.28. The molecule has 5 heteroatoms. The number of aryl methyl sites for hydroxylation is 1. The van der Waals surface area contributed by atoms with Crippen molar-refractivity contribution in [3.8, 4) is 10.6 Å². The molecule has 4 nitrogen and oxygen atoms in total. The quantitative estimate of drug-likeness (QED) is 0.940. The van der Waals surface area contributed by atoms with Gasteiger partial charge in [0.1, 0.15) is 5.69 Å². The minimum absolute atomic E-state index is 0.335. The lowest BCUT2D eigenvalue weighted by atomic mass is 9.97. The normalized spacial score (nSPS) is 17.7. The zero-order valence-electron chi connectivity index (χ0n) is 11.8. The minimum atomic E-state index is 0.335. The van der Waals surface area contributed by atoms with Crippen LogP contribution in [0.2, 0.25) is 0 Å². The molecule has 0 aromatic carbocycles. The summed E-state index contributed by atoms with van der Waals surface area (Å²) in [5.41, 5.74) is 2.42. The first-order valence-electron chi connectivity index (χ1n) is 7.16. The summed E-state index contributed by atoms with van der Waals surface area (Å²) >= 11 is 1.74. The Morgan fingerprint density at radius 2 is 2.20 bits per heavy atom. The van der Waals surface area contributed by atoms with Crippen LogP contribution in [-0.2, 0) is 13.6 Å². The van der Waals surface area contributed by atoms with Crippen LogP contribution in [0.15, 0.2) is 23.7 Å². The number of rotatable bonds is 4. The summed E-state index contributed by atoms with van der Waals surface area (Å²) in [6, 6.07) is 4.21. The highest BCUT2D eigenvalue weighted by atomic mass is 32.1. The average molecular weight is 291 g/mol. The maximum atomic E-state index is 9.21. The molecule has 0 atom stereocenters. The van der Waals surface area contributed by atoms with Crippen LogP contribution in [0, 0.1) is 5.92 Å². The predicted octanol–water partition coefficient (Wildman–Crippen LogP) is 2.35. The average Bonchev–Trinajstić information content (AvgIpc) is 3.09. The van der Waals surface area contributed by atoms with Crippen LogP contribution in [0.5, 0.6) is 0 Å². The van der Waals surface area contributed by atoms with Crippen molar-refractivity contribution < 1.29 is 5.11 Å². The lowest BCUT2D eigenvalue weighted by Gasteiger charge is -2.30. The van der Waals surface area contributed by atoms with Crippen LogP contribution >= 0.6 is 11.3 Å². The van der Waals surface area contributed by atoms with Crippen LogP contribution < -0.4 is 0 Å². The van der Waals surface area contributed by atoms with E-state index in [1.54, 1.807) is 11.3 Å². The Bertz CT molecular complexity index is 541. The lowest BCUT2D eigenvalue weighted by molar-refractivity contribution is 0.127. The van der Waals surface area contributed by atoms with E-state index in [0.29, 0.717) is 12.5 Å². The summed E-state index contributed by atoms with van der Waals surface area (Å²) in [5.74, 6) is 0.497. The maximum Gasteiger partial charge on any atom is 0.107 e. The Labute approximate surface area is 123 Å². The molecule has 1 fully saturated rings. The molecule has 0 amide bonds. The molecule has 0 spiro atoms. The van der Waals surface area contributed by atoms with E-state index in [0.717, 1.165) is 38.2 Å². The highest BCUT2D eigenvalue weighted by Gasteiger charge is 2.20. The summed E-state index contributed by atoms with van der Waals surface area (Å²) in [7, 11) is 1.98. The summed E-state index contributed by atoms with van der Waals surface area (Å²) < 4.78 is 1.91. The first-order valence-corrected chi connectivity index (χ1v) is 8.04. The van der Waals surface area contributed by atoms with Crippen molar-refractivity contribution in [3.05, 3.63) is 29.3 Å². The second-order valence-electron chi connectivity index (χ2n) is 5.56. The van der Waals surface area contributed by atoms with E-state index in [1.807, 2.05) is 11.7 Å². The first kappa shape index (κ1) is 13.8. The van der Waals surface area contributed by atoms with Gasteiger partial charge in [-0.3, -0.25) is 9.58 Å². The third kappa shape index (κ3) is 2.95. The molecule has 1 saturated heterocycles. The van der Waals surface area contributed by atoms with E-state index in [4.69, 9.17) is 0 Å². The topological polar surface area (TPSA) is 41.3 Å². The Hall–Kier alpha value is -1.17. The smallest absolute Gasteiger partial charge is 0.107 e. The third-order valence-electron chi connectivity index (χ3n) is 4.02. The van der Waals surface area contributed by atoms with Gasteiger partial charge >= 0.3 is 0 Å². The van der Waals surface area contributed by atoms with Gasteiger partial charge in [0.15, 0.2) is 0 Å². The molecule has 3 heterocycles. The van der Waals surface area contributed by atoms with E-state index in [9.17, 15) is 5.11 Å². The number of hydrogen-bond donors (Lipinski definition) is 1. The second kappa shape index (κ2) is 6.08. The Kier molecular flexibility index (Phi) is 4.19. The molecule has 1 aliphatic heterocycles. The van der Waals surface area contributed by atoms with Gasteiger partial charge in [0.2, 0.25) is 0 Å². The number of hydrogen-bond acceptors (Lipinski definition) is 4. The summed E-state index contributed by atoms with van der Waals surface area (Å²) in [5, 5.41) is 15.9. The molecule has 0 saturated carbocycles. The van der Waals surface area contributed by atoms with Gasteiger partial charge in [-0.25, -0.2) is 0 Å². The second-order valence-corrected chi connectivity index (χ2v) is 6.50. The van der Waals surface area contributed by atoms with Gasteiger partial charge < -0.3 is 5.11 Å². The molecule has 108 valence electrons. The van der Waals surface area contributed by atoms with E-state index in [2.05, 4.69) is 33.7 Å². The fourth-order valence-corrected chi connectivity index (χ4v) is 3.59. The third-order valence-corrected chi connectivity index (χ3v) is 4.90. The van der Waals surface area contributed by atoms with Crippen molar-refractivity contribution in [3.63, 3.8) is 0 Å². The van der Waals surface area contributed by atoms with Gasteiger partial charge in [-0.2, -0.15) is 5.10 Å². The summed E-state index contributed by atoms with van der Waals surface area (Å²) in [4.78, 5) is 3.71. The number of aliphatic hydroxyl groups is 1. The lowest BCUT2D eigenvalue weighted by Crippen LogP contribution is -2.34. The van der Waals surface area contributed by atoms with Gasteiger partial charge in [-0.15, -0.1) is 11.3 Å². The number of aromatic nitrogens is 2. The van der Waals surface area contributed by atoms with Crippen molar-refractivity contribution in [1.82, 2.24) is 14.7 Å². The van der Waals surface area contributed by atoms with E-state index in [1.165, 1.54) is 10.4 Å². The van der Waals surface area contributed by atoms with Gasteiger partial charge in [-0.1, -0.05) is 6.07 Å². The molecule has 20 heavy (non-hydrogen) atoms. The molecule has 1 N–H and O–H groups in total. The number of thiophene rings is 1. The fourth-order valence-electron chi connectivity index (χ4n) is 2.84. The first-order chi connectivity index (χ1) is 9.76. The van der Waals surface area contributed by atoms with Crippen LogP contribution in [0.4, 0.5) is 0 Å². The molecular weight excluding hydrogens is 270 g/mol. The van der Waals surface area contributed by atoms with Crippen molar-refractivity contribution in [2.45, 2.75) is 19.4 Å².